The lowest BCUT2D eigenvalue weighted by Gasteiger charge is -2.20. The molecule has 0 spiro atoms. The molecule has 0 radical (unpaired) electrons. The van der Waals surface area contributed by atoms with Gasteiger partial charge in [-0.25, -0.2) is 0 Å². The SMILES string of the molecule is CCOc1ccc(NC(=O)C[C@@H](C)CC2=NS(=O)(=O)c3ccccc3N2)cc1. The van der Waals surface area contributed by atoms with Gasteiger partial charge in [-0.15, -0.1) is 4.40 Å². The molecule has 2 aromatic rings. The van der Waals surface area contributed by atoms with Gasteiger partial charge in [-0.05, 0) is 49.2 Å². The highest BCUT2D eigenvalue weighted by atomic mass is 32.2. The molecule has 0 fully saturated rings. The fourth-order valence-electron chi connectivity index (χ4n) is 2.99. The number of hydrogen-bond acceptors (Lipinski definition) is 5. The van der Waals surface area contributed by atoms with E-state index in [1.165, 1.54) is 6.07 Å². The minimum atomic E-state index is -3.71. The van der Waals surface area contributed by atoms with Gasteiger partial charge in [0, 0.05) is 18.5 Å². The Kier molecular flexibility index (Phi) is 5.99. The van der Waals surface area contributed by atoms with Gasteiger partial charge in [0.1, 0.15) is 16.5 Å². The number of sulfonamides is 1. The summed E-state index contributed by atoms with van der Waals surface area (Å²) in [5, 5.41) is 5.89. The predicted molar refractivity (Wildman–Crippen MR) is 109 cm³/mol. The largest absolute Gasteiger partial charge is 0.494 e. The number of amidine groups is 1. The zero-order valence-corrected chi connectivity index (χ0v) is 16.6. The van der Waals surface area contributed by atoms with Crippen LogP contribution in [0.4, 0.5) is 11.4 Å². The normalized spacial score (nSPS) is 15.6. The van der Waals surface area contributed by atoms with E-state index in [9.17, 15) is 13.2 Å². The molecule has 0 unspecified atom stereocenters. The van der Waals surface area contributed by atoms with E-state index in [4.69, 9.17) is 4.74 Å². The summed E-state index contributed by atoms with van der Waals surface area (Å²) in [5.74, 6) is 0.863. The molecule has 2 N–H and O–H groups in total. The summed E-state index contributed by atoms with van der Waals surface area (Å²) in [6.07, 6.45) is 0.597. The summed E-state index contributed by atoms with van der Waals surface area (Å²) in [7, 11) is -3.71. The number of para-hydroxylation sites is 1. The Labute approximate surface area is 164 Å². The van der Waals surface area contributed by atoms with Gasteiger partial charge in [-0.1, -0.05) is 19.1 Å². The quantitative estimate of drug-likeness (QED) is 0.738. The molecule has 3 rings (SSSR count). The fourth-order valence-corrected chi connectivity index (χ4v) is 4.14. The van der Waals surface area contributed by atoms with Crippen molar-refractivity contribution in [2.45, 2.75) is 31.6 Å². The van der Waals surface area contributed by atoms with Crippen LogP contribution in [0.25, 0.3) is 0 Å². The van der Waals surface area contributed by atoms with E-state index in [-0.39, 0.29) is 23.1 Å². The predicted octanol–water partition coefficient (Wildman–Crippen LogP) is 3.65. The maximum Gasteiger partial charge on any atom is 0.286 e. The second-order valence-corrected chi connectivity index (χ2v) is 8.23. The van der Waals surface area contributed by atoms with Crippen LogP contribution in [-0.4, -0.2) is 26.8 Å². The number of benzene rings is 2. The second-order valence-electron chi connectivity index (χ2n) is 6.65. The standard InChI is InChI=1S/C20H23N3O4S/c1-3-27-16-10-8-15(9-11-16)21-20(24)13-14(2)12-19-22-17-6-4-5-7-18(17)28(25,26)23-19/h4-11,14H,3,12-13H2,1-2H3,(H,21,24)(H,22,23)/t14-/m0/s1. The first-order valence-electron chi connectivity index (χ1n) is 9.10. The van der Waals surface area contributed by atoms with Crippen molar-refractivity contribution in [3.05, 3.63) is 48.5 Å². The minimum absolute atomic E-state index is 0.0885. The van der Waals surface area contributed by atoms with Crippen molar-refractivity contribution in [2.24, 2.45) is 10.3 Å². The molecule has 148 valence electrons. The highest BCUT2D eigenvalue weighted by Crippen LogP contribution is 2.28. The zero-order valence-electron chi connectivity index (χ0n) is 15.8. The second kappa shape index (κ2) is 8.43. The molecular weight excluding hydrogens is 378 g/mol. The molecule has 7 nitrogen and oxygen atoms in total. The number of fused-ring (bicyclic) bond motifs is 1. The topological polar surface area (TPSA) is 96.9 Å². The molecule has 0 bridgehead atoms. The van der Waals surface area contributed by atoms with Crippen molar-refractivity contribution in [3.63, 3.8) is 0 Å². The van der Waals surface area contributed by atoms with Crippen molar-refractivity contribution in [2.75, 3.05) is 17.2 Å². The summed E-state index contributed by atoms with van der Waals surface area (Å²) >= 11 is 0. The van der Waals surface area contributed by atoms with Crippen LogP contribution in [0, 0.1) is 5.92 Å². The Bertz CT molecular complexity index is 985. The number of nitrogens with one attached hydrogen (secondary N) is 2. The maximum atomic E-state index is 12.3. The Morgan fingerprint density at radius 2 is 1.89 bits per heavy atom. The first-order valence-corrected chi connectivity index (χ1v) is 10.5. The first kappa shape index (κ1) is 19.9. The van der Waals surface area contributed by atoms with Crippen molar-refractivity contribution >= 4 is 33.1 Å². The molecule has 1 amide bonds. The lowest BCUT2D eigenvalue weighted by atomic mass is 10.0. The molecule has 0 aromatic heterocycles. The van der Waals surface area contributed by atoms with Gasteiger partial charge in [0.25, 0.3) is 10.0 Å². The number of nitrogens with zero attached hydrogens (tertiary/aromatic N) is 1. The van der Waals surface area contributed by atoms with Gasteiger partial charge in [-0.3, -0.25) is 4.79 Å². The highest BCUT2D eigenvalue weighted by Gasteiger charge is 2.25. The molecular formula is C20H23N3O4S. The lowest BCUT2D eigenvalue weighted by Crippen LogP contribution is -2.25. The first-order chi connectivity index (χ1) is 13.4. The van der Waals surface area contributed by atoms with E-state index >= 15 is 0 Å². The fraction of sp³-hybridized carbons (Fsp3) is 0.300. The van der Waals surface area contributed by atoms with Gasteiger partial charge < -0.3 is 15.4 Å². The Balaban J connectivity index is 1.57. The van der Waals surface area contributed by atoms with E-state index in [0.717, 1.165) is 5.75 Å². The molecule has 1 atom stereocenters. The van der Waals surface area contributed by atoms with Gasteiger partial charge in [0.05, 0.1) is 12.3 Å². The summed E-state index contributed by atoms with van der Waals surface area (Å²) in [4.78, 5) is 12.4. The third kappa shape index (κ3) is 4.89. The highest BCUT2D eigenvalue weighted by molar-refractivity contribution is 7.90. The molecule has 28 heavy (non-hydrogen) atoms. The smallest absolute Gasteiger partial charge is 0.286 e. The minimum Gasteiger partial charge on any atom is -0.494 e. The summed E-state index contributed by atoms with van der Waals surface area (Å²) in [5.41, 5.74) is 1.20. The van der Waals surface area contributed by atoms with Crippen LogP contribution in [0.5, 0.6) is 5.75 Å². The number of carbonyl (C=O) groups excluding carboxylic acids is 1. The van der Waals surface area contributed by atoms with Gasteiger partial charge in [0.15, 0.2) is 0 Å². The Morgan fingerprint density at radius 1 is 1.18 bits per heavy atom. The third-order valence-corrected chi connectivity index (χ3v) is 5.57. The molecule has 1 aliphatic rings. The van der Waals surface area contributed by atoms with Crippen molar-refractivity contribution in [3.8, 4) is 5.75 Å². The third-order valence-electron chi connectivity index (χ3n) is 4.20. The summed E-state index contributed by atoms with van der Waals surface area (Å²) in [6, 6.07) is 13.8. The van der Waals surface area contributed by atoms with E-state index in [1.54, 1.807) is 42.5 Å². The molecule has 0 saturated heterocycles. The van der Waals surface area contributed by atoms with Crippen molar-refractivity contribution in [1.82, 2.24) is 0 Å². The van der Waals surface area contributed by atoms with Gasteiger partial charge in [0.2, 0.25) is 5.91 Å². The number of ether oxygens (including phenoxy) is 1. The van der Waals surface area contributed by atoms with Gasteiger partial charge in [-0.2, -0.15) is 8.42 Å². The molecule has 2 aromatic carbocycles. The zero-order chi connectivity index (χ0) is 20.1. The molecule has 1 heterocycles. The van der Waals surface area contributed by atoms with Crippen LogP contribution in [0.15, 0.2) is 57.8 Å². The van der Waals surface area contributed by atoms with Crippen molar-refractivity contribution < 1.29 is 17.9 Å². The van der Waals surface area contributed by atoms with Crippen LogP contribution in [0.3, 0.4) is 0 Å². The van der Waals surface area contributed by atoms with E-state index in [2.05, 4.69) is 15.0 Å². The lowest BCUT2D eigenvalue weighted by molar-refractivity contribution is -0.116. The summed E-state index contributed by atoms with van der Waals surface area (Å²) in [6.45, 7) is 4.38. The number of hydrogen-bond donors (Lipinski definition) is 2. The van der Waals surface area contributed by atoms with Crippen LogP contribution >= 0.6 is 0 Å². The molecule has 1 aliphatic heterocycles. The van der Waals surface area contributed by atoms with E-state index in [0.29, 0.717) is 30.2 Å². The number of anilines is 2. The van der Waals surface area contributed by atoms with Crippen molar-refractivity contribution in [1.29, 1.82) is 0 Å². The molecule has 0 saturated carbocycles. The Hall–Kier alpha value is -2.87. The monoisotopic (exact) mass is 401 g/mol. The number of rotatable bonds is 7. The van der Waals surface area contributed by atoms with Gasteiger partial charge >= 0.3 is 0 Å². The maximum absolute atomic E-state index is 12.3. The number of carbonyl (C=O) groups is 1. The van der Waals surface area contributed by atoms with Crippen LogP contribution in [0.2, 0.25) is 0 Å². The Morgan fingerprint density at radius 3 is 2.61 bits per heavy atom. The van der Waals surface area contributed by atoms with E-state index < -0.39 is 10.0 Å². The molecule has 8 heteroatoms. The van der Waals surface area contributed by atoms with E-state index in [1.807, 2.05) is 13.8 Å². The van der Waals surface area contributed by atoms with Crippen LogP contribution < -0.4 is 15.4 Å². The average Bonchev–Trinajstić information content (AvgIpc) is 2.63. The average molecular weight is 401 g/mol. The summed E-state index contributed by atoms with van der Waals surface area (Å²) < 4.78 is 33.8. The molecule has 0 aliphatic carbocycles. The number of amides is 1. The van der Waals surface area contributed by atoms with Crippen LogP contribution in [-0.2, 0) is 14.8 Å². The van der Waals surface area contributed by atoms with Crippen LogP contribution in [0.1, 0.15) is 26.7 Å².